The first-order valence-electron chi connectivity index (χ1n) is 12.2. The maximum absolute atomic E-state index is 11.7. The van der Waals surface area contributed by atoms with E-state index in [1.54, 1.807) is 0 Å². The van der Waals surface area contributed by atoms with Crippen LogP contribution in [0.25, 0.3) is 0 Å². The van der Waals surface area contributed by atoms with Gasteiger partial charge in [-0.25, -0.2) is 13.6 Å². The van der Waals surface area contributed by atoms with Crippen LogP contribution in [0.5, 0.6) is 0 Å². The van der Waals surface area contributed by atoms with Crippen LogP contribution in [0.2, 0.25) is 5.02 Å². The Morgan fingerprint density at radius 1 is 0.974 bits per heavy atom. The van der Waals surface area contributed by atoms with Crippen LogP contribution < -0.4 is 10.0 Å². The topological polar surface area (TPSA) is 170 Å². The van der Waals surface area contributed by atoms with Crippen LogP contribution in [0.3, 0.4) is 0 Å². The van der Waals surface area contributed by atoms with Gasteiger partial charge in [0.2, 0.25) is 10.0 Å². The van der Waals surface area contributed by atoms with E-state index in [-0.39, 0.29) is 10.9 Å². The fraction of sp³-hybridized carbons (Fsp3) is 0.458. The summed E-state index contributed by atoms with van der Waals surface area (Å²) in [6, 6.07) is 9.14. The van der Waals surface area contributed by atoms with Crippen LogP contribution in [-0.2, 0) is 15.8 Å². The van der Waals surface area contributed by atoms with Crippen LogP contribution in [0.4, 0.5) is 21.9 Å². The van der Waals surface area contributed by atoms with E-state index in [0.717, 1.165) is 35.8 Å². The zero-order valence-corrected chi connectivity index (χ0v) is 24.7. The lowest BCUT2D eigenvalue weighted by atomic mass is 10.2. The number of carbonyl (C=O) groups excluding carboxylic acids is 1. The minimum atomic E-state index is -4.31. The van der Waals surface area contributed by atoms with Gasteiger partial charge in [-0.05, 0) is 38.3 Å². The standard InChI is InChI=1S/C12H16ClNOS.C12H18N4O6S/c1-3-14(4-2)12(15)16-9-10-7-5-6-8-11(10)13;1-3-5-14(6-4-2)12-10(15(17)18)7-9(23(13,21)22)8-11(12)16(19)20/h5-8H,3-4,9H2,1-2H3;7-8H,3-6H2,1-2H3,(H2,13,21,22). The van der Waals surface area contributed by atoms with Crippen molar-refractivity contribution in [3.05, 3.63) is 67.2 Å². The average Bonchev–Trinajstić information content (AvgIpc) is 2.87. The summed E-state index contributed by atoms with van der Waals surface area (Å²) in [7, 11) is -4.31. The molecule has 2 aromatic carbocycles. The van der Waals surface area contributed by atoms with Crippen molar-refractivity contribution >= 4 is 55.7 Å². The van der Waals surface area contributed by atoms with E-state index in [1.807, 2.05) is 56.9 Å². The second-order valence-electron chi connectivity index (χ2n) is 8.17. The number of hydrogen-bond donors (Lipinski definition) is 1. The molecule has 0 atom stereocenters. The molecule has 15 heteroatoms. The van der Waals surface area contributed by atoms with Gasteiger partial charge in [0.1, 0.15) is 0 Å². The van der Waals surface area contributed by atoms with E-state index in [1.165, 1.54) is 16.7 Å². The van der Waals surface area contributed by atoms with E-state index in [9.17, 15) is 33.4 Å². The number of sulfonamides is 1. The zero-order chi connectivity index (χ0) is 29.8. The Morgan fingerprint density at radius 2 is 1.46 bits per heavy atom. The first-order valence-corrected chi connectivity index (χ1v) is 15.1. The van der Waals surface area contributed by atoms with Crippen LogP contribution >= 0.6 is 23.4 Å². The number of benzene rings is 2. The smallest absolute Gasteiger partial charge is 0.301 e. The molecule has 0 heterocycles. The predicted octanol–water partition coefficient (Wildman–Crippen LogP) is 5.81. The minimum Gasteiger partial charge on any atom is -0.360 e. The predicted molar refractivity (Wildman–Crippen MR) is 155 cm³/mol. The second kappa shape index (κ2) is 16.2. The van der Waals surface area contributed by atoms with Crippen LogP contribution in [0, 0.1) is 20.2 Å². The molecule has 0 spiro atoms. The molecule has 0 aliphatic rings. The van der Waals surface area contributed by atoms with E-state index in [2.05, 4.69) is 0 Å². The molecular weight excluding hydrogens is 570 g/mol. The molecule has 2 aromatic rings. The molecule has 2 N–H and O–H groups in total. The summed E-state index contributed by atoms with van der Waals surface area (Å²) < 4.78 is 22.9. The van der Waals surface area contributed by atoms with E-state index < -0.39 is 36.1 Å². The van der Waals surface area contributed by atoms with E-state index >= 15 is 0 Å². The van der Waals surface area contributed by atoms with Crippen molar-refractivity contribution in [3.63, 3.8) is 0 Å². The fourth-order valence-electron chi connectivity index (χ4n) is 3.55. The summed E-state index contributed by atoms with van der Waals surface area (Å²) in [4.78, 5) is 35.3. The number of halogens is 1. The number of anilines is 1. The van der Waals surface area contributed by atoms with Gasteiger partial charge in [0.05, 0.1) is 14.7 Å². The molecule has 39 heavy (non-hydrogen) atoms. The van der Waals surface area contributed by atoms with Crippen molar-refractivity contribution in [1.29, 1.82) is 0 Å². The largest absolute Gasteiger partial charge is 0.360 e. The van der Waals surface area contributed by atoms with Crippen molar-refractivity contribution in [2.75, 3.05) is 31.1 Å². The molecule has 0 fully saturated rings. The van der Waals surface area contributed by atoms with Crippen molar-refractivity contribution in [1.82, 2.24) is 4.90 Å². The first kappa shape index (κ1) is 34.1. The second-order valence-corrected chi connectivity index (χ2v) is 11.1. The van der Waals surface area contributed by atoms with Gasteiger partial charge in [0.25, 0.3) is 5.24 Å². The molecule has 0 radical (unpaired) electrons. The number of nitrogens with two attached hydrogens (primary N) is 1. The minimum absolute atomic E-state index is 0.116. The fourth-order valence-corrected chi connectivity index (χ4v) is 5.35. The summed E-state index contributed by atoms with van der Waals surface area (Å²) in [6.45, 7) is 9.87. The Kier molecular flexibility index (Phi) is 14.2. The molecular formula is C24H34ClN5O7S2. The SMILES string of the molecule is CCCN(CCC)c1c([N+](=O)[O-])cc(S(N)(=O)=O)cc1[N+](=O)[O-].CCN(CC)C(=O)SCc1ccccc1Cl. The molecule has 2 rings (SSSR count). The number of nitrogens with zero attached hydrogens (tertiary/aromatic N) is 4. The molecule has 0 bridgehead atoms. The van der Waals surface area contributed by atoms with Crippen molar-refractivity contribution in [2.45, 2.75) is 51.2 Å². The molecule has 0 aliphatic heterocycles. The summed E-state index contributed by atoms with van der Waals surface area (Å²) >= 11 is 7.32. The molecule has 0 aliphatic carbocycles. The van der Waals surface area contributed by atoms with Gasteiger partial charge in [-0.3, -0.25) is 25.0 Å². The van der Waals surface area contributed by atoms with Crippen molar-refractivity contribution < 1.29 is 23.1 Å². The molecule has 0 saturated heterocycles. The van der Waals surface area contributed by atoms with Crippen LogP contribution in [0.15, 0.2) is 41.3 Å². The number of nitro groups is 2. The van der Waals surface area contributed by atoms with Gasteiger partial charge in [-0.1, -0.05) is 55.4 Å². The van der Waals surface area contributed by atoms with Crippen molar-refractivity contribution in [2.24, 2.45) is 5.14 Å². The molecule has 0 unspecified atom stereocenters. The highest BCUT2D eigenvalue weighted by Gasteiger charge is 2.32. The maximum atomic E-state index is 11.7. The lowest BCUT2D eigenvalue weighted by Gasteiger charge is -2.23. The van der Waals surface area contributed by atoms with Gasteiger partial charge in [0.15, 0.2) is 5.69 Å². The number of nitro benzene ring substituents is 2. The number of amides is 1. The molecule has 0 aromatic heterocycles. The Labute approximate surface area is 237 Å². The van der Waals surface area contributed by atoms with Crippen LogP contribution in [-0.4, -0.2) is 54.6 Å². The monoisotopic (exact) mass is 603 g/mol. The average molecular weight is 604 g/mol. The third-order valence-electron chi connectivity index (χ3n) is 5.40. The van der Waals surface area contributed by atoms with Gasteiger partial charge in [-0.15, -0.1) is 0 Å². The highest BCUT2D eigenvalue weighted by molar-refractivity contribution is 8.12. The summed E-state index contributed by atoms with van der Waals surface area (Å²) in [5.74, 6) is 0.634. The van der Waals surface area contributed by atoms with Gasteiger partial charge >= 0.3 is 11.4 Å². The van der Waals surface area contributed by atoms with Gasteiger partial charge in [-0.2, -0.15) is 0 Å². The Hall–Kier alpha value is -2.94. The number of carbonyl (C=O) groups is 1. The Balaban J connectivity index is 0.000000416. The van der Waals surface area contributed by atoms with E-state index in [4.69, 9.17) is 16.7 Å². The zero-order valence-electron chi connectivity index (χ0n) is 22.3. The Morgan fingerprint density at radius 3 is 1.85 bits per heavy atom. The van der Waals surface area contributed by atoms with Gasteiger partial charge < -0.3 is 9.80 Å². The normalized spacial score (nSPS) is 10.8. The maximum Gasteiger partial charge on any atom is 0.301 e. The molecule has 1 amide bonds. The van der Waals surface area contributed by atoms with E-state index in [0.29, 0.717) is 31.7 Å². The number of thioether (sulfide) groups is 1. The number of rotatable bonds is 12. The molecule has 0 saturated carbocycles. The first-order chi connectivity index (χ1) is 18.3. The molecule has 12 nitrogen and oxygen atoms in total. The highest BCUT2D eigenvalue weighted by Crippen LogP contribution is 2.40. The summed E-state index contributed by atoms with van der Waals surface area (Å²) in [6.07, 6.45) is 1.23. The van der Waals surface area contributed by atoms with Crippen molar-refractivity contribution in [3.8, 4) is 0 Å². The number of primary sulfonamides is 1. The quantitative estimate of drug-likeness (QED) is 0.232. The third kappa shape index (κ3) is 10.3. The third-order valence-corrected chi connectivity index (χ3v) is 7.62. The van der Waals surface area contributed by atoms with Gasteiger partial charge in [0, 0.05) is 49.1 Å². The number of hydrogen-bond acceptors (Lipinski definition) is 9. The molecule has 216 valence electrons. The van der Waals surface area contributed by atoms with Crippen LogP contribution in [0.1, 0.15) is 46.1 Å². The highest BCUT2D eigenvalue weighted by atomic mass is 35.5. The lowest BCUT2D eigenvalue weighted by molar-refractivity contribution is -0.393. The Bertz CT molecular complexity index is 1220. The summed E-state index contributed by atoms with van der Waals surface area (Å²) in [5.41, 5.74) is -0.485. The lowest BCUT2D eigenvalue weighted by Crippen LogP contribution is -2.27. The summed E-state index contributed by atoms with van der Waals surface area (Å²) in [5, 5.41) is 28.4.